The van der Waals surface area contributed by atoms with Gasteiger partial charge in [-0.25, -0.2) is 4.98 Å². The van der Waals surface area contributed by atoms with Crippen LogP contribution in [0.4, 0.5) is 5.82 Å². The largest absolute Gasteiger partial charge is 0.491 e. The monoisotopic (exact) mass is 417 g/mol. The standard InChI is InChI=1S/C21H28ClN5O2/c1-23-21(25-14-16-5-3-6-18(13-16)29-12-11-28-2)26-17-8-10-27(15-17)20-19(22)7-4-9-24-20/h3-7,9,13,17H,8,10-12,14-15H2,1-2H3,(H2,23,25,26). The van der Waals surface area contributed by atoms with E-state index in [4.69, 9.17) is 21.1 Å². The molecule has 2 N–H and O–H groups in total. The fraction of sp³-hybridized carbons (Fsp3) is 0.429. The number of guanidine groups is 1. The molecule has 29 heavy (non-hydrogen) atoms. The lowest BCUT2D eigenvalue weighted by Gasteiger charge is -2.20. The van der Waals surface area contributed by atoms with E-state index in [1.54, 1.807) is 20.4 Å². The summed E-state index contributed by atoms with van der Waals surface area (Å²) in [5.74, 6) is 2.45. The van der Waals surface area contributed by atoms with Crippen molar-refractivity contribution in [1.29, 1.82) is 0 Å². The van der Waals surface area contributed by atoms with Crippen LogP contribution in [0.25, 0.3) is 0 Å². The molecular weight excluding hydrogens is 390 g/mol. The van der Waals surface area contributed by atoms with Crippen molar-refractivity contribution in [3.63, 3.8) is 0 Å². The number of nitrogens with zero attached hydrogens (tertiary/aromatic N) is 3. The van der Waals surface area contributed by atoms with Crippen LogP contribution in [0, 0.1) is 0 Å². The van der Waals surface area contributed by atoms with Crippen LogP contribution in [0.3, 0.4) is 0 Å². The number of halogens is 1. The minimum atomic E-state index is 0.281. The Morgan fingerprint density at radius 1 is 1.31 bits per heavy atom. The van der Waals surface area contributed by atoms with Gasteiger partial charge in [0.25, 0.3) is 0 Å². The van der Waals surface area contributed by atoms with Gasteiger partial charge in [0.05, 0.1) is 11.6 Å². The lowest BCUT2D eigenvalue weighted by atomic mass is 10.2. The fourth-order valence-corrected chi connectivity index (χ4v) is 3.48. The van der Waals surface area contributed by atoms with E-state index < -0.39 is 0 Å². The smallest absolute Gasteiger partial charge is 0.191 e. The normalized spacial score (nSPS) is 16.7. The Morgan fingerprint density at radius 2 is 2.21 bits per heavy atom. The van der Waals surface area contributed by atoms with Gasteiger partial charge in [0.2, 0.25) is 0 Å². The number of pyridine rings is 1. The number of aromatic nitrogens is 1. The molecule has 3 rings (SSSR count). The minimum absolute atomic E-state index is 0.281. The van der Waals surface area contributed by atoms with Crippen LogP contribution in [0.5, 0.6) is 5.75 Å². The summed E-state index contributed by atoms with van der Waals surface area (Å²) in [6.07, 6.45) is 2.77. The summed E-state index contributed by atoms with van der Waals surface area (Å²) in [4.78, 5) is 11.0. The molecule has 0 amide bonds. The molecule has 2 heterocycles. The van der Waals surface area contributed by atoms with Crippen LogP contribution >= 0.6 is 11.6 Å². The average Bonchev–Trinajstić information content (AvgIpc) is 3.20. The number of nitrogens with one attached hydrogen (secondary N) is 2. The molecule has 0 aliphatic carbocycles. The lowest BCUT2D eigenvalue weighted by Crippen LogP contribution is -2.44. The Kier molecular flexibility index (Phi) is 7.95. The lowest BCUT2D eigenvalue weighted by molar-refractivity contribution is 0.146. The summed E-state index contributed by atoms with van der Waals surface area (Å²) >= 11 is 6.28. The molecule has 156 valence electrons. The van der Waals surface area contributed by atoms with Crippen LogP contribution in [0.1, 0.15) is 12.0 Å². The van der Waals surface area contributed by atoms with Gasteiger partial charge >= 0.3 is 0 Å². The van der Waals surface area contributed by atoms with E-state index in [-0.39, 0.29) is 6.04 Å². The first-order valence-corrected chi connectivity index (χ1v) is 10.1. The molecule has 0 radical (unpaired) electrons. The summed E-state index contributed by atoms with van der Waals surface area (Å²) in [5, 5.41) is 7.55. The van der Waals surface area contributed by atoms with Crippen LogP contribution < -0.4 is 20.3 Å². The van der Waals surface area contributed by atoms with Gasteiger partial charge in [0, 0.05) is 46.0 Å². The van der Waals surface area contributed by atoms with Gasteiger partial charge in [0.1, 0.15) is 18.2 Å². The zero-order valence-corrected chi connectivity index (χ0v) is 17.7. The van der Waals surface area contributed by atoms with Gasteiger partial charge in [-0.3, -0.25) is 4.99 Å². The molecule has 1 unspecified atom stereocenters. The van der Waals surface area contributed by atoms with Crippen molar-refractivity contribution in [2.24, 2.45) is 4.99 Å². The Morgan fingerprint density at radius 3 is 3.00 bits per heavy atom. The molecule has 1 aromatic heterocycles. The quantitative estimate of drug-likeness (QED) is 0.391. The first-order chi connectivity index (χ1) is 14.2. The SMILES string of the molecule is CN=C(NCc1cccc(OCCOC)c1)NC1CCN(c2ncccc2Cl)C1. The highest BCUT2D eigenvalue weighted by molar-refractivity contribution is 6.32. The third-order valence-corrected chi connectivity index (χ3v) is 5.00. The second-order valence-corrected chi connectivity index (χ2v) is 7.21. The van der Waals surface area contributed by atoms with Crippen molar-refractivity contribution in [3.8, 4) is 5.75 Å². The summed E-state index contributed by atoms with van der Waals surface area (Å²) in [5.41, 5.74) is 1.12. The van der Waals surface area contributed by atoms with Crippen LogP contribution in [0.2, 0.25) is 5.02 Å². The van der Waals surface area contributed by atoms with Gasteiger partial charge in [-0.1, -0.05) is 23.7 Å². The summed E-state index contributed by atoms with van der Waals surface area (Å²) in [6.45, 7) is 3.51. The van der Waals surface area contributed by atoms with Crippen LogP contribution in [-0.4, -0.2) is 57.4 Å². The highest BCUT2D eigenvalue weighted by Gasteiger charge is 2.25. The zero-order valence-electron chi connectivity index (χ0n) is 16.9. The van der Waals surface area contributed by atoms with E-state index >= 15 is 0 Å². The maximum atomic E-state index is 6.28. The second-order valence-electron chi connectivity index (χ2n) is 6.80. The predicted octanol–water partition coefficient (Wildman–Crippen LogP) is 2.70. The fourth-order valence-electron chi connectivity index (χ4n) is 3.24. The van der Waals surface area contributed by atoms with E-state index in [2.05, 4.69) is 31.6 Å². The highest BCUT2D eigenvalue weighted by atomic mass is 35.5. The first kappa shape index (κ1) is 21.2. The molecule has 1 fully saturated rings. The first-order valence-electron chi connectivity index (χ1n) is 9.73. The average molecular weight is 418 g/mol. The third-order valence-electron chi connectivity index (χ3n) is 4.71. The van der Waals surface area contributed by atoms with Gasteiger partial charge in [0.15, 0.2) is 5.96 Å². The maximum absolute atomic E-state index is 6.28. The molecule has 0 saturated carbocycles. The number of anilines is 1. The van der Waals surface area contributed by atoms with Gasteiger partial charge in [-0.15, -0.1) is 0 Å². The predicted molar refractivity (Wildman–Crippen MR) is 117 cm³/mol. The number of ether oxygens (including phenoxy) is 2. The van der Waals surface area contributed by atoms with Crippen molar-refractivity contribution in [2.45, 2.75) is 19.0 Å². The molecule has 1 aliphatic rings. The molecule has 0 bridgehead atoms. The number of rotatable bonds is 8. The topological polar surface area (TPSA) is 71.0 Å². The Hall–Kier alpha value is -2.51. The third kappa shape index (κ3) is 6.24. The highest BCUT2D eigenvalue weighted by Crippen LogP contribution is 2.25. The number of aliphatic imine (C=N–C) groups is 1. The van der Waals surface area contributed by atoms with Crippen molar-refractivity contribution >= 4 is 23.4 Å². The molecule has 1 saturated heterocycles. The molecule has 8 heteroatoms. The summed E-state index contributed by atoms with van der Waals surface area (Å²) < 4.78 is 10.7. The molecule has 1 aliphatic heterocycles. The maximum Gasteiger partial charge on any atom is 0.191 e. The molecule has 7 nitrogen and oxygen atoms in total. The molecule has 2 aromatic rings. The van der Waals surface area contributed by atoms with Gasteiger partial charge in [-0.2, -0.15) is 0 Å². The molecule has 1 aromatic carbocycles. The van der Waals surface area contributed by atoms with Crippen molar-refractivity contribution in [2.75, 3.05) is 45.4 Å². The Bertz CT molecular complexity index is 817. The number of hydrogen-bond acceptors (Lipinski definition) is 5. The zero-order chi connectivity index (χ0) is 20.5. The summed E-state index contributed by atoms with van der Waals surface area (Å²) in [6, 6.07) is 12.0. The minimum Gasteiger partial charge on any atom is -0.491 e. The molecule has 1 atom stereocenters. The summed E-state index contributed by atoms with van der Waals surface area (Å²) in [7, 11) is 3.44. The van der Waals surface area contributed by atoms with Crippen molar-refractivity contribution < 1.29 is 9.47 Å². The second kappa shape index (κ2) is 10.9. The van der Waals surface area contributed by atoms with E-state index in [0.29, 0.717) is 24.8 Å². The van der Waals surface area contributed by atoms with E-state index in [1.807, 2.05) is 30.3 Å². The van der Waals surface area contributed by atoms with Crippen molar-refractivity contribution in [1.82, 2.24) is 15.6 Å². The number of hydrogen-bond donors (Lipinski definition) is 2. The number of methoxy groups -OCH3 is 1. The van der Waals surface area contributed by atoms with Gasteiger partial charge < -0.3 is 25.0 Å². The Balaban J connectivity index is 1.49. The van der Waals surface area contributed by atoms with E-state index in [9.17, 15) is 0 Å². The van der Waals surface area contributed by atoms with E-state index in [0.717, 1.165) is 42.6 Å². The van der Waals surface area contributed by atoms with Crippen LogP contribution in [0.15, 0.2) is 47.6 Å². The van der Waals surface area contributed by atoms with Crippen molar-refractivity contribution in [3.05, 3.63) is 53.2 Å². The Labute approximate surface area is 177 Å². The number of benzene rings is 1. The molecule has 0 spiro atoms. The van der Waals surface area contributed by atoms with E-state index in [1.165, 1.54) is 0 Å². The molecular formula is C21H28ClN5O2. The van der Waals surface area contributed by atoms with Gasteiger partial charge in [-0.05, 0) is 36.2 Å². The van der Waals surface area contributed by atoms with Crippen LogP contribution in [-0.2, 0) is 11.3 Å².